The summed E-state index contributed by atoms with van der Waals surface area (Å²) >= 11 is 1.29. The molecule has 1 saturated carbocycles. The molecule has 4 N–H and O–H groups in total. The van der Waals surface area contributed by atoms with Crippen LogP contribution in [-0.2, 0) is 0 Å². The van der Waals surface area contributed by atoms with Crippen molar-refractivity contribution >= 4 is 28.2 Å². The minimum Gasteiger partial charge on any atom is -0.393 e. The number of aromatic nitrogens is 1. The minimum absolute atomic E-state index is 0.176. The fourth-order valence-corrected chi connectivity index (χ4v) is 3.05. The number of nitrogens with two attached hydrogens (primary N) is 1. The van der Waals surface area contributed by atoms with E-state index in [4.69, 9.17) is 5.73 Å². The van der Waals surface area contributed by atoms with Gasteiger partial charge < -0.3 is 21.1 Å². The molecular weight excluding hydrogens is 264 g/mol. The Hall–Kier alpha value is -1.34. The quantitative estimate of drug-likeness (QED) is 0.756. The van der Waals surface area contributed by atoms with Gasteiger partial charge in [-0.25, -0.2) is 4.98 Å². The van der Waals surface area contributed by atoms with Crippen molar-refractivity contribution in [2.75, 3.05) is 31.3 Å². The summed E-state index contributed by atoms with van der Waals surface area (Å²) in [5.74, 6) is 0.462. The van der Waals surface area contributed by atoms with Crippen LogP contribution in [0.25, 0.3) is 0 Å². The molecule has 19 heavy (non-hydrogen) atoms. The predicted molar refractivity (Wildman–Crippen MR) is 76.5 cm³/mol. The maximum atomic E-state index is 12.0. The van der Waals surface area contributed by atoms with Crippen LogP contribution >= 0.6 is 11.3 Å². The number of rotatable bonds is 4. The molecule has 1 fully saturated rings. The van der Waals surface area contributed by atoms with Crippen LogP contribution in [-0.4, -0.2) is 42.7 Å². The third-order valence-corrected chi connectivity index (χ3v) is 4.53. The molecule has 0 aliphatic heterocycles. The SMILES string of the molecule is CN(C)c1nc(N)c(C(=O)NCC2CCC(O)C2)s1. The molecule has 1 aromatic rings. The number of thiazole rings is 1. The maximum Gasteiger partial charge on any atom is 0.265 e. The maximum absolute atomic E-state index is 12.0. The highest BCUT2D eigenvalue weighted by Crippen LogP contribution is 2.27. The monoisotopic (exact) mass is 284 g/mol. The van der Waals surface area contributed by atoms with Gasteiger partial charge in [-0.2, -0.15) is 0 Å². The first kappa shape index (κ1) is 14.1. The Kier molecular flexibility index (Phi) is 4.26. The van der Waals surface area contributed by atoms with Gasteiger partial charge in [-0.05, 0) is 25.2 Å². The molecule has 1 heterocycles. The van der Waals surface area contributed by atoms with E-state index in [2.05, 4.69) is 10.3 Å². The molecule has 1 aliphatic carbocycles. The average molecular weight is 284 g/mol. The van der Waals surface area contributed by atoms with Crippen molar-refractivity contribution in [1.82, 2.24) is 10.3 Å². The summed E-state index contributed by atoms with van der Waals surface area (Å²) in [7, 11) is 3.72. The van der Waals surface area contributed by atoms with Gasteiger partial charge in [0.2, 0.25) is 0 Å². The summed E-state index contributed by atoms with van der Waals surface area (Å²) in [6, 6.07) is 0. The number of nitrogens with zero attached hydrogens (tertiary/aromatic N) is 2. The van der Waals surface area contributed by atoms with Crippen LogP contribution in [0.5, 0.6) is 0 Å². The van der Waals surface area contributed by atoms with Crippen LogP contribution in [0.3, 0.4) is 0 Å². The van der Waals surface area contributed by atoms with E-state index in [9.17, 15) is 9.90 Å². The van der Waals surface area contributed by atoms with Crippen LogP contribution in [0, 0.1) is 5.92 Å². The van der Waals surface area contributed by atoms with Gasteiger partial charge in [-0.3, -0.25) is 4.79 Å². The molecule has 6 nitrogen and oxygen atoms in total. The fraction of sp³-hybridized carbons (Fsp3) is 0.667. The normalized spacial score (nSPS) is 22.5. The highest BCUT2D eigenvalue weighted by molar-refractivity contribution is 7.18. The van der Waals surface area contributed by atoms with E-state index in [-0.39, 0.29) is 17.8 Å². The van der Waals surface area contributed by atoms with E-state index in [0.717, 1.165) is 24.4 Å². The Bertz CT molecular complexity index is 461. The first-order chi connectivity index (χ1) is 8.97. The molecular formula is C12H20N4O2S. The highest BCUT2D eigenvalue weighted by atomic mass is 32.1. The topological polar surface area (TPSA) is 91.5 Å². The van der Waals surface area contributed by atoms with Crippen molar-refractivity contribution in [2.24, 2.45) is 5.92 Å². The molecule has 1 aliphatic rings. The van der Waals surface area contributed by atoms with Crippen LogP contribution in [0.4, 0.5) is 10.9 Å². The number of carbonyl (C=O) groups is 1. The second-order valence-corrected chi connectivity index (χ2v) is 6.13. The Morgan fingerprint density at radius 2 is 2.32 bits per heavy atom. The largest absolute Gasteiger partial charge is 0.393 e. The molecule has 2 unspecified atom stereocenters. The molecule has 106 valence electrons. The van der Waals surface area contributed by atoms with Crippen molar-refractivity contribution < 1.29 is 9.90 Å². The second-order valence-electron chi connectivity index (χ2n) is 5.15. The van der Waals surface area contributed by atoms with Gasteiger partial charge in [0.25, 0.3) is 5.91 Å². The lowest BCUT2D eigenvalue weighted by atomic mass is 10.1. The lowest BCUT2D eigenvalue weighted by Gasteiger charge is -2.10. The number of anilines is 2. The van der Waals surface area contributed by atoms with Crippen molar-refractivity contribution in [2.45, 2.75) is 25.4 Å². The second kappa shape index (κ2) is 5.75. The number of carbonyl (C=O) groups excluding carboxylic acids is 1. The van der Waals surface area contributed by atoms with Gasteiger partial charge in [-0.1, -0.05) is 11.3 Å². The van der Waals surface area contributed by atoms with Gasteiger partial charge in [0.1, 0.15) is 10.7 Å². The fourth-order valence-electron chi connectivity index (χ4n) is 2.23. The Morgan fingerprint density at radius 3 is 2.84 bits per heavy atom. The number of hydrogen-bond acceptors (Lipinski definition) is 6. The third kappa shape index (κ3) is 3.36. The average Bonchev–Trinajstić information content (AvgIpc) is 2.92. The van der Waals surface area contributed by atoms with Gasteiger partial charge >= 0.3 is 0 Å². The minimum atomic E-state index is -0.212. The highest BCUT2D eigenvalue weighted by Gasteiger charge is 2.24. The van der Waals surface area contributed by atoms with E-state index in [0.29, 0.717) is 17.3 Å². The molecule has 2 atom stereocenters. The van der Waals surface area contributed by atoms with Crippen LogP contribution in [0.15, 0.2) is 0 Å². The smallest absolute Gasteiger partial charge is 0.265 e. The molecule has 0 radical (unpaired) electrons. The van der Waals surface area contributed by atoms with E-state index in [1.807, 2.05) is 19.0 Å². The van der Waals surface area contributed by atoms with Gasteiger partial charge in [0.05, 0.1) is 6.10 Å². The number of hydrogen-bond donors (Lipinski definition) is 3. The number of nitrogens with one attached hydrogen (secondary N) is 1. The third-order valence-electron chi connectivity index (χ3n) is 3.30. The van der Waals surface area contributed by atoms with Crippen molar-refractivity contribution in [1.29, 1.82) is 0 Å². The number of nitrogen functional groups attached to an aromatic ring is 1. The summed E-state index contributed by atoms with van der Waals surface area (Å²) < 4.78 is 0. The zero-order valence-corrected chi connectivity index (χ0v) is 12.0. The van der Waals surface area contributed by atoms with Gasteiger partial charge in [-0.15, -0.1) is 0 Å². The van der Waals surface area contributed by atoms with Crippen LogP contribution in [0.1, 0.15) is 28.9 Å². The Labute approximate surface area is 116 Å². The summed E-state index contributed by atoms with van der Waals surface area (Å²) in [5, 5.41) is 13.0. The first-order valence-corrected chi connectivity index (χ1v) is 7.19. The summed E-state index contributed by atoms with van der Waals surface area (Å²) in [6.45, 7) is 0.588. The summed E-state index contributed by atoms with van der Waals surface area (Å²) in [4.78, 5) is 18.5. The zero-order valence-electron chi connectivity index (χ0n) is 11.2. The number of aliphatic hydroxyl groups excluding tert-OH is 1. The molecule has 0 aromatic carbocycles. The predicted octanol–water partition coefficient (Wildman–Crippen LogP) is 0.682. The lowest BCUT2D eigenvalue weighted by molar-refractivity contribution is 0.0950. The molecule has 7 heteroatoms. The van der Waals surface area contributed by atoms with Crippen molar-refractivity contribution in [3.8, 4) is 0 Å². The molecule has 0 saturated heterocycles. The van der Waals surface area contributed by atoms with E-state index < -0.39 is 0 Å². The van der Waals surface area contributed by atoms with Crippen LogP contribution < -0.4 is 16.0 Å². The van der Waals surface area contributed by atoms with Gasteiger partial charge in [0.15, 0.2) is 5.13 Å². The van der Waals surface area contributed by atoms with E-state index >= 15 is 0 Å². The standard InChI is InChI=1S/C12H20N4O2S/c1-16(2)12-15-10(13)9(19-12)11(18)14-6-7-3-4-8(17)5-7/h7-8,17H,3-6,13H2,1-2H3,(H,14,18). The zero-order chi connectivity index (χ0) is 14.0. The molecule has 1 aromatic heterocycles. The molecule has 0 bridgehead atoms. The van der Waals surface area contributed by atoms with Crippen LogP contribution in [0.2, 0.25) is 0 Å². The van der Waals surface area contributed by atoms with Crippen molar-refractivity contribution in [3.63, 3.8) is 0 Å². The first-order valence-electron chi connectivity index (χ1n) is 6.37. The van der Waals surface area contributed by atoms with E-state index in [1.54, 1.807) is 0 Å². The Morgan fingerprint density at radius 1 is 1.58 bits per heavy atom. The van der Waals surface area contributed by atoms with Gasteiger partial charge in [0, 0.05) is 20.6 Å². The van der Waals surface area contributed by atoms with Crippen molar-refractivity contribution in [3.05, 3.63) is 4.88 Å². The Balaban J connectivity index is 1.92. The lowest BCUT2D eigenvalue weighted by Crippen LogP contribution is -2.28. The van der Waals surface area contributed by atoms with E-state index in [1.165, 1.54) is 11.3 Å². The number of amides is 1. The molecule has 1 amide bonds. The summed E-state index contributed by atoms with van der Waals surface area (Å²) in [5.41, 5.74) is 5.76. The molecule has 0 spiro atoms. The molecule has 2 rings (SSSR count). The number of aliphatic hydroxyl groups is 1. The summed E-state index contributed by atoms with van der Waals surface area (Å²) in [6.07, 6.45) is 2.34.